The Labute approximate surface area is 174 Å². The zero-order valence-corrected chi connectivity index (χ0v) is 18.0. The molecule has 156 valence electrons. The van der Waals surface area contributed by atoms with E-state index in [1.165, 1.54) is 0 Å². The number of allylic oxidation sites excluding steroid dienone is 1. The topological polar surface area (TPSA) is 81.5 Å². The van der Waals surface area contributed by atoms with E-state index in [-0.39, 0.29) is 17.4 Å². The van der Waals surface area contributed by atoms with Gasteiger partial charge in [-0.3, -0.25) is 10.3 Å². The SMILES string of the molecule is CC1(C)CC(NC2N=CC=C(c3ccc(OCCCC#N)cc3)N2)CC(C)(C)N1. The van der Waals surface area contributed by atoms with Gasteiger partial charge in [0.15, 0.2) is 6.29 Å². The van der Waals surface area contributed by atoms with Crippen LogP contribution in [0.25, 0.3) is 5.70 Å². The van der Waals surface area contributed by atoms with Gasteiger partial charge < -0.3 is 15.4 Å². The predicted octanol–water partition coefficient (Wildman–Crippen LogP) is 3.57. The van der Waals surface area contributed by atoms with E-state index < -0.39 is 0 Å². The minimum Gasteiger partial charge on any atom is -0.494 e. The molecule has 3 N–H and O–H groups in total. The molecule has 2 aliphatic rings. The first-order valence-corrected chi connectivity index (χ1v) is 10.4. The van der Waals surface area contributed by atoms with E-state index in [9.17, 15) is 0 Å². The van der Waals surface area contributed by atoms with Crippen molar-refractivity contribution >= 4 is 11.9 Å². The molecule has 0 aliphatic carbocycles. The molecule has 1 atom stereocenters. The molecule has 0 bridgehead atoms. The summed E-state index contributed by atoms with van der Waals surface area (Å²) >= 11 is 0. The van der Waals surface area contributed by atoms with Crippen molar-refractivity contribution in [2.45, 2.75) is 76.8 Å². The van der Waals surface area contributed by atoms with Crippen LogP contribution in [0, 0.1) is 11.3 Å². The number of ether oxygens (including phenoxy) is 1. The molecule has 1 unspecified atom stereocenters. The Morgan fingerprint density at radius 3 is 2.52 bits per heavy atom. The Morgan fingerprint density at radius 1 is 1.17 bits per heavy atom. The minimum absolute atomic E-state index is 0.0968. The van der Waals surface area contributed by atoms with E-state index in [0.29, 0.717) is 19.1 Å². The third-order valence-electron chi connectivity index (χ3n) is 5.22. The van der Waals surface area contributed by atoms with Crippen molar-refractivity contribution in [3.8, 4) is 11.8 Å². The summed E-state index contributed by atoms with van der Waals surface area (Å²) in [5.74, 6) is 0.825. The van der Waals surface area contributed by atoms with E-state index in [4.69, 9.17) is 10.00 Å². The van der Waals surface area contributed by atoms with Gasteiger partial charge in [-0.25, -0.2) is 0 Å². The van der Waals surface area contributed by atoms with Crippen molar-refractivity contribution < 1.29 is 4.74 Å². The highest BCUT2D eigenvalue weighted by molar-refractivity contribution is 5.85. The molecule has 1 saturated heterocycles. The Balaban J connectivity index is 1.56. The van der Waals surface area contributed by atoms with Gasteiger partial charge in [0.1, 0.15) is 5.75 Å². The summed E-state index contributed by atoms with van der Waals surface area (Å²) in [6.07, 6.45) is 7.12. The average Bonchev–Trinajstić information content (AvgIpc) is 2.63. The molecule has 0 aromatic heterocycles. The van der Waals surface area contributed by atoms with Crippen LogP contribution in [0.15, 0.2) is 35.3 Å². The van der Waals surface area contributed by atoms with E-state index >= 15 is 0 Å². The number of benzene rings is 1. The summed E-state index contributed by atoms with van der Waals surface area (Å²) in [7, 11) is 0. The standard InChI is InChI=1S/C23H33N5O/c1-22(2)15-18(16-23(3,4)28-22)26-21-25-13-11-20(27-21)17-7-9-19(10-8-17)29-14-6-5-12-24/h7-11,13,18,21,26-28H,5-6,14-16H2,1-4H3. The molecule has 2 heterocycles. The first-order chi connectivity index (χ1) is 13.8. The quantitative estimate of drug-likeness (QED) is 0.615. The molecule has 0 spiro atoms. The Kier molecular flexibility index (Phi) is 6.61. The molecule has 6 heteroatoms. The molecule has 1 aromatic rings. The molecular formula is C23H33N5O. The summed E-state index contributed by atoms with van der Waals surface area (Å²) in [5, 5.41) is 19.5. The van der Waals surface area contributed by atoms with Crippen molar-refractivity contribution in [3.05, 3.63) is 35.9 Å². The van der Waals surface area contributed by atoms with E-state index in [0.717, 1.165) is 36.3 Å². The second kappa shape index (κ2) is 8.98. The zero-order valence-electron chi connectivity index (χ0n) is 18.0. The van der Waals surface area contributed by atoms with Crippen LogP contribution < -0.4 is 20.7 Å². The third-order valence-corrected chi connectivity index (χ3v) is 5.22. The van der Waals surface area contributed by atoms with Gasteiger partial charge in [-0.15, -0.1) is 0 Å². The lowest BCUT2D eigenvalue weighted by atomic mass is 9.79. The predicted molar refractivity (Wildman–Crippen MR) is 118 cm³/mol. The number of nitriles is 1. The minimum atomic E-state index is -0.133. The van der Waals surface area contributed by atoms with E-state index in [1.807, 2.05) is 36.6 Å². The first-order valence-electron chi connectivity index (χ1n) is 10.4. The van der Waals surface area contributed by atoms with Crippen LogP contribution in [0.2, 0.25) is 0 Å². The summed E-state index contributed by atoms with van der Waals surface area (Å²) in [6, 6.07) is 10.6. The van der Waals surface area contributed by atoms with Crippen LogP contribution in [0.4, 0.5) is 0 Å². The van der Waals surface area contributed by atoms with Crippen molar-refractivity contribution in [3.63, 3.8) is 0 Å². The molecule has 6 nitrogen and oxygen atoms in total. The smallest absolute Gasteiger partial charge is 0.173 e. The van der Waals surface area contributed by atoms with Crippen molar-refractivity contribution in [1.29, 1.82) is 5.26 Å². The van der Waals surface area contributed by atoms with Crippen molar-refractivity contribution in [2.24, 2.45) is 4.99 Å². The maximum atomic E-state index is 8.58. The fraction of sp³-hybridized carbons (Fsp3) is 0.565. The number of hydrogen-bond acceptors (Lipinski definition) is 6. The lowest BCUT2D eigenvalue weighted by Crippen LogP contribution is -2.63. The average molecular weight is 396 g/mol. The second-order valence-corrected chi connectivity index (χ2v) is 9.22. The molecule has 2 aliphatic heterocycles. The molecule has 1 aromatic carbocycles. The lowest BCUT2D eigenvalue weighted by molar-refractivity contribution is 0.138. The van der Waals surface area contributed by atoms with Gasteiger partial charge in [-0.1, -0.05) is 0 Å². The zero-order chi connectivity index (χ0) is 20.9. The van der Waals surface area contributed by atoms with Crippen molar-refractivity contribution in [2.75, 3.05) is 6.61 Å². The van der Waals surface area contributed by atoms with Crippen LogP contribution in [-0.2, 0) is 0 Å². The normalized spacial score (nSPS) is 23.0. The van der Waals surface area contributed by atoms with Crippen LogP contribution in [0.1, 0.15) is 58.9 Å². The number of hydrogen-bond donors (Lipinski definition) is 3. The highest BCUT2D eigenvalue weighted by Gasteiger charge is 2.38. The fourth-order valence-corrected chi connectivity index (χ4v) is 4.44. The maximum absolute atomic E-state index is 8.58. The fourth-order valence-electron chi connectivity index (χ4n) is 4.44. The summed E-state index contributed by atoms with van der Waals surface area (Å²) in [6.45, 7) is 9.60. The van der Waals surface area contributed by atoms with Gasteiger partial charge in [0.05, 0.1) is 12.7 Å². The van der Waals surface area contributed by atoms with Crippen LogP contribution in [0.5, 0.6) is 5.75 Å². The Hall–Kier alpha value is -2.36. The van der Waals surface area contributed by atoms with Crippen LogP contribution >= 0.6 is 0 Å². The molecule has 1 fully saturated rings. The van der Waals surface area contributed by atoms with Gasteiger partial charge in [-0.05, 0) is 82.9 Å². The molecule has 3 rings (SSSR count). The largest absolute Gasteiger partial charge is 0.494 e. The number of aliphatic imine (C=N–C) groups is 1. The highest BCUT2D eigenvalue weighted by Crippen LogP contribution is 2.29. The van der Waals surface area contributed by atoms with Crippen molar-refractivity contribution in [1.82, 2.24) is 16.0 Å². The third kappa shape index (κ3) is 6.31. The maximum Gasteiger partial charge on any atom is 0.173 e. The highest BCUT2D eigenvalue weighted by atomic mass is 16.5. The van der Waals surface area contributed by atoms with E-state index in [1.54, 1.807) is 0 Å². The van der Waals surface area contributed by atoms with Gasteiger partial charge in [-0.2, -0.15) is 5.26 Å². The number of nitrogens with zero attached hydrogens (tertiary/aromatic N) is 2. The van der Waals surface area contributed by atoms with E-state index in [2.05, 4.69) is 54.7 Å². The summed E-state index contributed by atoms with van der Waals surface area (Å²) < 4.78 is 5.68. The van der Waals surface area contributed by atoms with Gasteiger partial charge >= 0.3 is 0 Å². The summed E-state index contributed by atoms with van der Waals surface area (Å²) in [5.41, 5.74) is 2.33. The Morgan fingerprint density at radius 2 is 1.86 bits per heavy atom. The molecule has 29 heavy (non-hydrogen) atoms. The van der Waals surface area contributed by atoms with Crippen LogP contribution in [0.3, 0.4) is 0 Å². The number of nitrogens with one attached hydrogen (secondary N) is 3. The number of unbranched alkanes of at least 4 members (excludes halogenated alkanes) is 1. The molecule has 0 amide bonds. The first kappa shape index (κ1) is 21.4. The number of rotatable bonds is 7. The Bertz CT molecular complexity index is 772. The molecule has 0 saturated carbocycles. The molecular weight excluding hydrogens is 362 g/mol. The second-order valence-electron chi connectivity index (χ2n) is 9.22. The van der Waals surface area contributed by atoms with Gasteiger partial charge in [0.25, 0.3) is 0 Å². The van der Waals surface area contributed by atoms with Crippen LogP contribution in [-0.4, -0.2) is 36.2 Å². The monoisotopic (exact) mass is 395 g/mol. The lowest BCUT2D eigenvalue weighted by Gasteiger charge is -2.47. The van der Waals surface area contributed by atoms with Gasteiger partial charge in [0, 0.05) is 35.5 Å². The number of piperidine rings is 1. The summed E-state index contributed by atoms with van der Waals surface area (Å²) in [4.78, 5) is 4.58. The molecule has 0 radical (unpaired) electrons. The van der Waals surface area contributed by atoms with Gasteiger partial charge in [0.2, 0.25) is 0 Å².